The third-order valence-corrected chi connectivity index (χ3v) is 4.11. The number of rotatable bonds is 6. The molecule has 0 fully saturated rings. The molecule has 0 radical (unpaired) electrons. The normalized spacial score (nSPS) is 11.8. The minimum Gasteiger partial charge on any atom is -0.395 e. The number of aromatic nitrogens is 1. The van der Waals surface area contributed by atoms with Crippen LogP contribution in [-0.4, -0.2) is 23.2 Å². The number of benzene rings is 2. The van der Waals surface area contributed by atoms with Gasteiger partial charge in [0.1, 0.15) is 5.01 Å². The van der Waals surface area contributed by atoms with E-state index >= 15 is 0 Å². The highest BCUT2D eigenvalue weighted by atomic mass is 32.1. The summed E-state index contributed by atoms with van der Waals surface area (Å²) in [6.45, 7) is 0.556. The monoisotopic (exact) mass is 311 g/mol. The molecule has 0 atom stereocenters. The van der Waals surface area contributed by atoms with Gasteiger partial charge in [-0.25, -0.2) is 10.4 Å². The van der Waals surface area contributed by atoms with Gasteiger partial charge in [-0.2, -0.15) is 0 Å². The summed E-state index contributed by atoms with van der Waals surface area (Å²) in [4.78, 5) is 4.63. The second-order valence-corrected chi connectivity index (χ2v) is 5.78. The first-order chi connectivity index (χ1) is 10.9. The standard InChI is InChI=1S/C17H17N3OS/c21-11-10-18-20-15(13-6-2-1-3-7-13)12-17-19-14-8-4-5-9-16(14)22-17/h1-9,12,18,20-21H,10-11H2. The van der Waals surface area contributed by atoms with Gasteiger partial charge in [0, 0.05) is 6.54 Å². The van der Waals surface area contributed by atoms with Gasteiger partial charge >= 0.3 is 0 Å². The fourth-order valence-electron chi connectivity index (χ4n) is 2.10. The second kappa shape index (κ2) is 7.17. The van der Waals surface area contributed by atoms with Crippen LogP contribution < -0.4 is 10.9 Å². The van der Waals surface area contributed by atoms with Crippen molar-refractivity contribution in [1.29, 1.82) is 0 Å². The van der Waals surface area contributed by atoms with Gasteiger partial charge in [-0.3, -0.25) is 0 Å². The minimum absolute atomic E-state index is 0.0796. The first-order valence-electron chi connectivity index (χ1n) is 7.09. The van der Waals surface area contributed by atoms with Crippen molar-refractivity contribution in [1.82, 2.24) is 15.8 Å². The molecule has 0 saturated carbocycles. The van der Waals surface area contributed by atoms with Crippen molar-refractivity contribution in [3.63, 3.8) is 0 Å². The number of aliphatic hydroxyl groups is 1. The molecule has 112 valence electrons. The molecule has 1 aromatic heterocycles. The SMILES string of the molecule is OCCNNC(=Cc1nc2ccccc2s1)c1ccccc1. The van der Waals surface area contributed by atoms with E-state index < -0.39 is 0 Å². The maximum Gasteiger partial charge on any atom is 0.119 e. The lowest BCUT2D eigenvalue weighted by atomic mass is 10.1. The molecule has 0 spiro atoms. The Morgan fingerprint density at radius 2 is 1.86 bits per heavy atom. The quantitative estimate of drug-likeness (QED) is 0.484. The molecule has 0 saturated heterocycles. The molecule has 0 bridgehead atoms. The fourth-order valence-corrected chi connectivity index (χ4v) is 3.01. The van der Waals surface area contributed by atoms with Crippen molar-refractivity contribution in [3.05, 3.63) is 65.2 Å². The van der Waals surface area contributed by atoms with Crippen LogP contribution in [0.25, 0.3) is 22.0 Å². The summed E-state index contributed by atoms with van der Waals surface area (Å²) >= 11 is 1.65. The van der Waals surface area contributed by atoms with E-state index in [9.17, 15) is 0 Å². The average Bonchev–Trinajstić information content (AvgIpc) is 2.97. The number of nitrogens with zero attached hydrogens (tertiary/aromatic N) is 1. The molecule has 3 N–H and O–H groups in total. The van der Waals surface area contributed by atoms with Crippen LogP contribution in [0.5, 0.6) is 0 Å². The lowest BCUT2D eigenvalue weighted by Gasteiger charge is -2.11. The molecule has 3 rings (SSSR count). The Hall–Kier alpha value is -2.21. The Balaban J connectivity index is 1.93. The highest BCUT2D eigenvalue weighted by Gasteiger charge is 2.05. The summed E-state index contributed by atoms with van der Waals surface area (Å²) in [5.74, 6) is 0. The third-order valence-electron chi connectivity index (χ3n) is 3.12. The van der Waals surface area contributed by atoms with E-state index in [-0.39, 0.29) is 6.61 Å². The van der Waals surface area contributed by atoms with Crippen molar-refractivity contribution in [3.8, 4) is 0 Å². The van der Waals surface area contributed by atoms with E-state index in [2.05, 4.69) is 21.9 Å². The zero-order valence-electron chi connectivity index (χ0n) is 12.0. The van der Waals surface area contributed by atoms with Crippen LogP contribution in [0.15, 0.2) is 54.6 Å². The Bertz CT molecular complexity index is 735. The van der Waals surface area contributed by atoms with E-state index in [1.807, 2.05) is 54.6 Å². The Labute approximate surface area is 133 Å². The number of nitrogens with one attached hydrogen (secondary N) is 2. The number of hydrogen-bond acceptors (Lipinski definition) is 5. The van der Waals surface area contributed by atoms with Gasteiger partial charge in [0.05, 0.1) is 22.5 Å². The molecule has 0 aliphatic carbocycles. The van der Waals surface area contributed by atoms with E-state index in [1.165, 1.54) is 4.70 Å². The number of hydrogen-bond donors (Lipinski definition) is 3. The number of fused-ring (bicyclic) bond motifs is 1. The number of aliphatic hydroxyl groups excluding tert-OH is 1. The Morgan fingerprint density at radius 3 is 2.64 bits per heavy atom. The maximum atomic E-state index is 8.90. The van der Waals surface area contributed by atoms with Crippen molar-refractivity contribution >= 4 is 33.3 Å². The first kappa shape index (κ1) is 14.7. The van der Waals surface area contributed by atoms with E-state index in [0.717, 1.165) is 21.8 Å². The average molecular weight is 311 g/mol. The molecule has 5 heteroatoms. The summed E-state index contributed by atoms with van der Waals surface area (Å²) in [5.41, 5.74) is 9.14. The molecule has 2 aromatic carbocycles. The summed E-state index contributed by atoms with van der Waals surface area (Å²) in [6.07, 6.45) is 2.02. The van der Waals surface area contributed by atoms with Crippen molar-refractivity contribution < 1.29 is 5.11 Å². The molecule has 1 heterocycles. The van der Waals surface area contributed by atoms with Crippen molar-refractivity contribution in [2.24, 2.45) is 0 Å². The van der Waals surface area contributed by atoms with Gasteiger partial charge in [0.25, 0.3) is 0 Å². The number of thiazole rings is 1. The van der Waals surface area contributed by atoms with Gasteiger partial charge < -0.3 is 10.5 Å². The lowest BCUT2D eigenvalue weighted by Crippen LogP contribution is -2.32. The molecule has 3 aromatic rings. The van der Waals surface area contributed by atoms with Crippen molar-refractivity contribution in [2.75, 3.05) is 13.2 Å². The third kappa shape index (κ3) is 3.51. The van der Waals surface area contributed by atoms with Crippen LogP contribution in [0.4, 0.5) is 0 Å². The number of para-hydroxylation sites is 1. The smallest absolute Gasteiger partial charge is 0.119 e. The van der Waals surface area contributed by atoms with Gasteiger partial charge in [0.2, 0.25) is 0 Å². The zero-order chi connectivity index (χ0) is 15.2. The van der Waals surface area contributed by atoms with Crippen LogP contribution in [-0.2, 0) is 0 Å². The molecule has 0 amide bonds. The predicted octanol–water partition coefficient (Wildman–Crippen LogP) is 2.88. The Kier molecular flexibility index (Phi) is 4.80. The highest BCUT2D eigenvalue weighted by Crippen LogP contribution is 2.24. The van der Waals surface area contributed by atoms with E-state index in [0.29, 0.717) is 6.54 Å². The zero-order valence-corrected chi connectivity index (χ0v) is 12.8. The molecule has 0 aliphatic rings. The molecular formula is C17H17N3OS. The van der Waals surface area contributed by atoms with E-state index in [4.69, 9.17) is 5.11 Å². The molecular weight excluding hydrogens is 294 g/mol. The predicted molar refractivity (Wildman–Crippen MR) is 92.2 cm³/mol. The lowest BCUT2D eigenvalue weighted by molar-refractivity contribution is 0.288. The highest BCUT2D eigenvalue weighted by molar-refractivity contribution is 7.19. The van der Waals surface area contributed by atoms with E-state index in [1.54, 1.807) is 11.3 Å². The minimum atomic E-state index is 0.0796. The molecule has 4 nitrogen and oxygen atoms in total. The topological polar surface area (TPSA) is 57.2 Å². The van der Waals surface area contributed by atoms with Crippen LogP contribution >= 0.6 is 11.3 Å². The molecule has 0 unspecified atom stereocenters. The second-order valence-electron chi connectivity index (χ2n) is 4.72. The fraction of sp³-hybridized carbons (Fsp3) is 0.118. The van der Waals surface area contributed by atoms with Crippen molar-refractivity contribution in [2.45, 2.75) is 0 Å². The summed E-state index contributed by atoms with van der Waals surface area (Å²) < 4.78 is 1.17. The van der Waals surface area contributed by atoms with Crippen LogP contribution in [0.1, 0.15) is 10.6 Å². The van der Waals surface area contributed by atoms with Crippen LogP contribution in [0, 0.1) is 0 Å². The Morgan fingerprint density at radius 1 is 1.09 bits per heavy atom. The molecule has 22 heavy (non-hydrogen) atoms. The van der Waals surface area contributed by atoms with Gasteiger partial charge in [-0.15, -0.1) is 11.3 Å². The van der Waals surface area contributed by atoms with Crippen LogP contribution in [0.3, 0.4) is 0 Å². The summed E-state index contributed by atoms with van der Waals surface area (Å²) in [5, 5.41) is 9.85. The summed E-state index contributed by atoms with van der Waals surface area (Å²) in [7, 11) is 0. The molecule has 0 aliphatic heterocycles. The first-order valence-corrected chi connectivity index (χ1v) is 7.91. The van der Waals surface area contributed by atoms with Gasteiger partial charge in [-0.1, -0.05) is 42.5 Å². The maximum absolute atomic E-state index is 8.90. The largest absolute Gasteiger partial charge is 0.395 e. The van der Waals surface area contributed by atoms with Gasteiger partial charge in [-0.05, 0) is 23.8 Å². The van der Waals surface area contributed by atoms with Crippen LogP contribution in [0.2, 0.25) is 0 Å². The number of hydrazine groups is 1. The summed E-state index contributed by atoms with van der Waals surface area (Å²) in [6, 6.07) is 18.2. The van der Waals surface area contributed by atoms with Gasteiger partial charge in [0.15, 0.2) is 0 Å².